The molecule has 0 aliphatic heterocycles. The topological polar surface area (TPSA) is 57.6 Å². The SMILES string of the molecule is CN(CCO)CCOCCNc1cccc(C(F)(F)F)c1-c1nc(-c2cccc(Cl)c2)cs1. The minimum atomic E-state index is -4.53. The molecule has 0 spiro atoms. The van der Waals surface area contributed by atoms with E-state index in [9.17, 15) is 13.2 Å². The van der Waals surface area contributed by atoms with Crippen LogP contribution in [0.15, 0.2) is 47.8 Å². The van der Waals surface area contributed by atoms with E-state index in [1.54, 1.807) is 29.6 Å². The fraction of sp³-hybridized carbons (Fsp3) is 0.348. The fourth-order valence-electron chi connectivity index (χ4n) is 3.20. The minimum absolute atomic E-state index is 0.0194. The molecule has 178 valence electrons. The third kappa shape index (κ3) is 7.15. The molecule has 0 aliphatic carbocycles. The van der Waals surface area contributed by atoms with Crippen molar-refractivity contribution < 1.29 is 23.0 Å². The highest BCUT2D eigenvalue weighted by Gasteiger charge is 2.35. The van der Waals surface area contributed by atoms with E-state index in [-0.39, 0.29) is 17.2 Å². The van der Waals surface area contributed by atoms with Gasteiger partial charge < -0.3 is 20.1 Å². The largest absolute Gasteiger partial charge is 0.417 e. The van der Waals surface area contributed by atoms with Gasteiger partial charge in [-0.3, -0.25) is 0 Å². The molecule has 0 unspecified atom stereocenters. The zero-order chi connectivity index (χ0) is 23.8. The molecule has 10 heteroatoms. The molecule has 0 saturated heterocycles. The zero-order valence-corrected chi connectivity index (χ0v) is 19.6. The summed E-state index contributed by atoms with van der Waals surface area (Å²) >= 11 is 7.20. The van der Waals surface area contributed by atoms with Crippen LogP contribution in [0, 0.1) is 0 Å². The number of aromatic nitrogens is 1. The number of likely N-dealkylation sites (N-methyl/N-ethyl adjacent to an activating group) is 1. The molecule has 3 aromatic rings. The second-order valence-electron chi connectivity index (χ2n) is 7.34. The summed E-state index contributed by atoms with van der Waals surface area (Å²) in [6.07, 6.45) is -4.53. The summed E-state index contributed by atoms with van der Waals surface area (Å²) in [6, 6.07) is 11.1. The van der Waals surface area contributed by atoms with Gasteiger partial charge in [-0.25, -0.2) is 4.98 Å². The van der Waals surface area contributed by atoms with Crippen LogP contribution in [0.3, 0.4) is 0 Å². The first-order valence-electron chi connectivity index (χ1n) is 10.3. The number of nitrogens with one attached hydrogen (secondary N) is 1. The number of nitrogens with zero attached hydrogens (tertiary/aromatic N) is 2. The van der Waals surface area contributed by atoms with Gasteiger partial charge in [0.05, 0.1) is 31.1 Å². The van der Waals surface area contributed by atoms with Crippen molar-refractivity contribution in [2.45, 2.75) is 6.18 Å². The van der Waals surface area contributed by atoms with Crippen LogP contribution in [0.4, 0.5) is 18.9 Å². The maximum absolute atomic E-state index is 13.8. The average molecular weight is 500 g/mol. The van der Waals surface area contributed by atoms with Crippen molar-refractivity contribution in [1.82, 2.24) is 9.88 Å². The van der Waals surface area contributed by atoms with Gasteiger partial charge in [0.25, 0.3) is 0 Å². The molecule has 33 heavy (non-hydrogen) atoms. The first kappa shape index (κ1) is 25.5. The van der Waals surface area contributed by atoms with E-state index < -0.39 is 11.7 Å². The lowest BCUT2D eigenvalue weighted by atomic mass is 10.0. The second kappa shape index (κ2) is 11.8. The van der Waals surface area contributed by atoms with Crippen LogP contribution in [0.5, 0.6) is 0 Å². The van der Waals surface area contributed by atoms with Crippen molar-refractivity contribution in [1.29, 1.82) is 0 Å². The number of aliphatic hydroxyl groups is 1. The summed E-state index contributed by atoms with van der Waals surface area (Å²) in [5, 5.41) is 14.5. The number of anilines is 1. The quantitative estimate of drug-likeness (QED) is 0.341. The zero-order valence-electron chi connectivity index (χ0n) is 18.0. The summed E-state index contributed by atoms with van der Waals surface area (Å²) in [7, 11) is 1.87. The Labute approximate surface area is 199 Å². The highest BCUT2D eigenvalue weighted by atomic mass is 35.5. The third-order valence-electron chi connectivity index (χ3n) is 4.87. The number of ether oxygens (including phenoxy) is 1. The summed E-state index contributed by atoms with van der Waals surface area (Å²) in [4.78, 5) is 6.41. The van der Waals surface area contributed by atoms with Crippen molar-refractivity contribution in [3.05, 3.63) is 58.4 Å². The molecular weight excluding hydrogens is 475 g/mol. The van der Waals surface area contributed by atoms with Gasteiger partial charge in [0.15, 0.2) is 0 Å². The van der Waals surface area contributed by atoms with E-state index in [1.807, 2.05) is 18.0 Å². The summed E-state index contributed by atoms with van der Waals surface area (Å²) in [6.45, 7) is 2.41. The number of benzene rings is 2. The lowest BCUT2D eigenvalue weighted by Crippen LogP contribution is -2.26. The molecule has 0 amide bonds. The molecule has 0 saturated carbocycles. The normalized spacial score (nSPS) is 11.8. The molecule has 1 heterocycles. The van der Waals surface area contributed by atoms with Crippen molar-refractivity contribution in [2.75, 3.05) is 51.8 Å². The summed E-state index contributed by atoms with van der Waals surface area (Å²) in [5.41, 5.74) is 0.925. The van der Waals surface area contributed by atoms with Gasteiger partial charge in [-0.15, -0.1) is 11.3 Å². The number of hydrogen-bond acceptors (Lipinski definition) is 6. The lowest BCUT2D eigenvalue weighted by molar-refractivity contribution is -0.137. The number of aliphatic hydroxyl groups excluding tert-OH is 1. The number of alkyl halides is 3. The molecule has 0 bridgehead atoms. The van der Waals surface area contributed by atoms with Gasteiger partial charge >= 0.3 is 6.18 Å². The Bertz CT molecular complexity index is 1050. The minimum Gasteiger partial charge on any atom is -0.395 e. The van der Waals surface area contributed by atoms with Crippen LogP contribution < -0.4 is 5.32 Å². The van der Waals surface area contributed by atoms with E-state index >= 15 is 0 Å². The predicted octanol–water partition coefficient (Wildman–Crippen LogP) is 5.50. The molecule has 1 aromatic heterocycles. The molecule has 5 nitrogen and oxygen atoms in total. The van der Waals surface area contributed by atoms with Crippen LogP contribution in [-0.2, 0) is 10.9 Å². The number of hydrogen-bond donors (Lipinski definition) is 2. The summed E-state index contributed by atoms with van der Waals surface area (Å²) in [5.74, 6) is 0. The van der Waals surface area contributed by atoms with Gasteiger partial charge in [-0.1, -0.05) is 29.8 Å². The predicted molar refractivity (Wildman–Crippen MR) is 127 cm³/mol. The van der Waals surface area contributed by atoms with Crippen molar-refractivity contribution in [2.24, 2.45) is 0 Å². The first-order chi connectivity index (χ1) is 15.8. The van der Waals surface area contributed by atoms with Crippen LogP contribution in [0.1, 0.15) is 5.56 Å². The second-order valence-corrected chi connectivity index (χ2v) is 8.63. The van der Waals surface area contributed by atoms with Crippen LogP contribution in [0.2, 0.25) is 5.02 Å². The average Bonchev–Trinajstić information content (AvgIpc) is 3.25. The molecular formula is C23H25ClF3N3O2S. The highest BCUT2D eigenvalue weighted by Crippen LogP contribution is 2.43. The molecule has 0 radical (unpaired) electrons. The Kier molecular flexibility index (Phi) is 9.10. The molecule has 2 aromatic carbocycles. The molecule has 3 rings (SSSR count). The lowest BCUT2D eigenvalue weighted by Gasteiger charge is -2.17. The van der Waals surface area contributed by atoms with Gasteiger partial charge in [-0.05, 0) is 31.3 Å². The Morgan fingerprint density at radius 1 is 1.15 bits per heavy atom. The Hall–Kier alpha value is -2.17. The third-order valence-corrected chi connectivity index (χ3v) is 5.96. The van der Waals surface area contributed by atoms with Crippen molar-refractivity contribution >= 4 is 28.6 Å². The fourth-order valence-corrected chi connectivity index (χ4v) is 4.29. The van der Waals surface area contributed by atoms with E-state index in [0.717, 1.165) is 23.0 Å². The number of halogens is 4. The van der Waals surface area contributed by atoms with Crippen molar-refractivity contribution in [3.8, 4) is 21.8 Å². The van der Waals surface area contributed by atoms with Crippen LogP contribution in [0.25, 0.3) is 21.8 Å². The molecule has 0 fully saturated rings. The van der Waals surface area contributed by atoms with E-state index in [4.69, 9.17) is 21.4 Å². The first-order valence-corrected chi connectivity index (χ1v) is 11.6. The Morgan fingerprint density at radius 3 is 2.67 bits per heavy atom. The highest BCUT2D eigenvalue weighted by molar-refractivity contribution is 7.13. The van der Waals surface area contributed by atoms with Crippen LogP contribution >= 0.6 is 22.9 Å². The standard InChI is InChI=1S/C23H25ClF3N3O2S/c1-30(9-11-31)10-13-32-12-8-28-19-7-3-6-18(23(25,26)27)21(19)22-29-20(15-33-22)16-4-2-5-17(24)14-16/h2-7,14-15,28,31H,8-13H2,1H3. The Morgan fingerprint density at radius 2 is 1.94 bits per heavy atom. The van der Waals surface area contributed by atoms with Gasteiger partial charge in [0.2, 0.25) is 0 Å². The van der Waals surface area contributed by atoms with Gasteiger partial charge in [0, 0.05) is 46.9 Å². The number of rotatable bonds is 11. The monoisotopic (exact) mass is 499 g/mol. The summed E-state index contributed by atoms with van der Waals surface area (Å²) < 4.78 is 47.0. The van der Waals surface area contributed by atoms with Gasteiger partial charge in [-0.2, -0.15) is 13.2 Å². The maximum atomic E-state index is 13.8. The smallest absolute Gasteiger partial charge is 0.395 e. The molecule has 2 N–H and O–H groups in total. The number of thiazole rings is 1. The van der Waals surface area contributed by atoms with E-state index in [2.05, 4.69) is 10.3 Å². The van der Waals surface area contributed by atoms with Gasteiger partial charge in [0.1, 0.15) is 5.01 Å². The van der Waals surface area contributed by atoms with E-state index in [1.165, 1.54) is 6.07 Å². The van der Waals surface area contributed by atoms with E-state index in [0.29, 0.717) is 49.3 Å². The molecule has 0 atom stereocenters. The van der Waals surface area contributed by atoms with Crippen molar-refractivity contribution in [3.63, 3.8) is 0 Å². The molecule has 0 aliphatic rings. The Balaban J connectivity index is 1.77. The van der Waals surface area contributed by atoms with Crippen LogP contribution in [-0.4, -0.2) is 61.5 Å². The maximum Gasteiger partial charge on any atom is 0.417 e.